The van der Waals surface area contributed by atoms with Gasteiger partial charge in [-0.2, -0.15) is 18.3 Å². The molecule has 1 amide bonds. The summed E-state index contributed by atoms with van der Waals surface area (Å²) in [7, 11) is 3.28. The maximum absolute atomic E-state index is 13.3. The lowest BCUT2D eigenvalue weighted by molar-refractivity contribution is -0.137. The molecule has 5 rings (SSSR count). The van der Waals surface area contributed by atoms with E-state index in [0.717, 1.165) is 28.8 Å². The van der Waals surface area contributed by atoms with Crippen molar-refractivity contribution < 1.29 is 23.1 Å². The largest absolute Gasteiger partial charge is 0.416 e. The van der Waals surface area contributed by atoms with Crippen LogP contribution < -0.4 is 0 Å². The van der Waals surface area contributed by atoms with Gasteiger partial charge in [0.1, 0.15) is 5.60 Å². The Morgan fingerprint density at radius 2 is 1.72 bits per heavy atom. The number of nitrogens with zero attached hydrogens (tertiary/aromatic N) is 3. The van der Waals surface area contributed by atoms with Gasteiger partial charge in [0.25, 0.3) is 0 Å². The molecule has 0 fully saturated rings. The average molecular weight is 492 g/mol. The fourth-order valence-corrected chi connectivity index (χ4v) is 4.68. The number of aromatic nitrogens is 2. The Kier molecular flexibility index (Phi) is 5.52. The van der Waals surface area contributed by atoms with Crippen molar-refractivity contribution in [3.63, 3.8) is 0 Å². The molecule has 1 aliphatic carbocycles. The number of aliphatic hydroxyl groups is 1. The number of carbonyl (C=O) groups is 1. The normalized spacial score (nSPS) is 16.5. The van der Waals surface area contributed by atoms with E-state index in [-0.39, 0.29) is 18.0 Å². The lowest BCUT2D eigenvalue weighted by atomic mass is 9.92. The van der Waals surface area contributed by atoms with E-state index in [0.29, 0.717) is 22.4 Å². The lowest BCUT2D eigenvalue weighted by Crippen LogP contribution is -2.23. The van der Waals surface area contributed by atoms with Gasteiger partial charge in [-0.25, -0.2) is 4.68 Å². The van der Waals surface area contributed by atoms with E-state index in [1.165, 1.54) is 21.7 Å². The summed E-state index contributed by atoms with van der Waals surface area (Å²) in [5, 5.41) is 16.0. The molecule has 0 spiro atoms. The highest BCUT2D eigenvalue weighted by Crippen LogP contribution is 2.48. The molecular formula is C28H24F3N3O2. The minimum atomic E-state index is -4.49. The van der Waals surface area contributed by atoms with Gasteiger partial charge in [0.05, 0.1) is 23.4 Å². The molecule has 0 radical (unpaired) electrons. The number of likely N-dealkylation sites (N-methyl/N-ethyl adjacent to an activating group) is 1. The van der Waals surface area contributed by atoms with Crippen LogP contribution in [0.5, 0.6) is 0 Å². The van der Waals surface area contributed by atoms with Crippen molar-refractivity contribution in [2.24, 2.45) is 0 Å². The highest BCUT2D eigenvalue weighted by molar-refractivity contribution is 5.84. The van der Waals surface area contributed by atoms with Crippen molar-refractivity contribution in [3.8, 4) is 28.1 Å². The van der Waals surface area contributed by atoms with Crippen molar-refractivity contribution in [2.75, 3.05) is 14.1 Å². The SMILES string of the molecule is CN(C)C(=O)Cc1cn(-c2cccc(C(F)(F)F)c2)nc1-c1ccc2c(c1)C(C)(O)c1ccccc1-2. The molecule has 1 heterocycles. The first-order valence-electron chi connectivity index (χ1n) is 11.4. The van der Waals surface area contributed by atoms with Gasteiger partial charge in [0.15, 0.2) is 0 Å². The molecule has 3 aromatic carbocycles. The molecule has 0 saturated heterocycles. The third-order valence-corrected chi connectivity index (χ3v) is 6.63. The molecule has 0 aliphatic heterocycles. The minimum absolute atomic E-state index is 0.0228. The maximum Gasteiger partial charge on any atom is 0.416 e. The predicted molar refractivity (Wildman–Crippen MR) is 131 cm³/mol. The van der Waals surface area contributed by atoms with Gasteiger partial charge in [-0.3, -0.25) is 4.79 Å². The maximum atomic E-state index is 13.3. The van der Waals surface area contributed by atoms with E-state index in [4.69, 9.17) is 0 Å². The molecule has 184 valence electrons. The Hall–Kier alpha value is -3.91. The van der Waals surface area contributed by atoms with Gasteiger partial charge < -0.3 is 10.0 Å². The van der Waals surface area contributed by atoms with Crippen LogP contribution in [0.2, 0.25) is 0 Å². The molecule has 36 heavy (non-hydrogen) atoms. The first-order chi connectivity index (χ1) is 17.0. The third-order valence-electron chi connectivity index (χ3n) is 6.63. The number of hydrogen-bond acceptors (Lipinski definition) is 3. The highest BCUT2D eigenvalue weighted by atomic mass is 19.4. The van der Waals surface area contributed by atoms with Crippen LogP contribution in [0.1, 0.15) is 29.2 Å². The topological polar surface area (TPSA) is 58.4 Å². The van der Waals surface area contributed by atoms with E-state index < -0.39 is 17.3 Å². The minimum Gasteiger partial charge on any atom is -0.381 e. The highest BCUT2D eigenvalue weighted by Gasteiger charge is 2.37. The van der Waals surface area contributed by atoms with Gasteiger partial charge in [0.2, 0.25) is 5.91 Å². The summed E-state index contributed by atoms with van der Waals surface area (Å²) >= 11 is 0. The second-order valence-corrected chi connectivity index (χ2v) is 9.34. The predicted octanol–water partition coefficient (Wildman–Crippen LogP) is 5.43. The molecule has 1 aromatic heterocycles. The zero-order chi connectivity index (χ0) is 25.8. The molecular weight excluding hydrogens is 467 g/mol. The van der Waals surface area contributed by atoms with Crippen LogP contribution in [0.25, 0.3) is 28.1 Å². The Morgan fingerprint density at radius 3 is 2.44 bits per heavy atom. The standard InChI is InChI=1S/C28H24F3N3O2/c1-27(36)23-10-5-4-9-21(23)22-12-11-17(13-24(22)27)26-18(14-25(35)33(2)3)16-34(32-26)20-8-6-7-19(15-20)28(29,30)31/h4-13,15-16,36H,14H2,1-3H3. The summed E-state index contributed by atoms with van der Waals surface area (Å²) in [5.41, 5.74) is 3.29. The smallest absolute Gasteiger partial charge is 0.381 e. The number of halogens is 3. The molecule has 8 heteroatoms. The summed E-state index contributed by atoms with van der Waals surface area (Å²) in [6.07, 6.45) is -2.88. The van der Waals surface area contributed by atoms with Crippen LogP contribution in [0.3, 0.4) is 0 Å². The van der Waals surface area contributed by atoms with E-state index in [1.807, 2.05) is 42.5 Å². The summed E-state index contributed by atoms with van der Waals surface area (Å²) in [6.45, 7) is 1.74. The van der Waals surface area contributed by atoms with Crippen LogP contribution in [-0.4, -0.2) is 39.8 Å². The lowest BCUT2D eigenvalue weighted by Gasteiger charge is -2.20. The number of carbonyl (C=O) groups excluding carboxylic acids is 1. The first kappa shape index (κ1) is 23.8. The van der Waals surface area contributed by atoms with Gasteiger partial charge in [-0.1, -0.05) is 42.5 Å². The molecule has 1 atom stereocenters. The van der Waals surface area contributed by atoms with Crippen molar-refractivity contribution in [1.82, 2.24) is 14.7 Å². The Bertz CT molecular complexity index is 1490. The molecule has 4 aromatic rings. The Morgan fingerprint density at radius 1 is 1.00 bits per heavy atom. The number of hydrogen-bond donors (Lipinski definition) is 1. The zero-order valence-electron chi connectivity index (χ0n) is 20.0. The van der Waals surface area contributed by atoms with Crippen molar-refractivity contribution in [1.29, 1.82) is 0 Å². The van der Waals surface area contributed by atoms with Crippen molar-refractivity contribution >= 4 is 5.91 Å². The monoisotopic (exact) mass is 491 g/mol. The van der Waals surface area contributed by atoms with Crippen molar-refractivity contribution in [2.45, 2.75) is 25.1 Å². The van der Waals surface area contributed by atoms with Crippen LogP contribution >= 0.6 is 0 Å². The first-order valence-corrected chi connectivity index (χ1v) is 11.4. The average Bonchev–Trinajstić information content (AvgIpc) is 3.36. The number of rotatable bonds is 4. The second kappa shape index (κ2) is 8.34. The Labute approximate surface area is 206 Å². The summed E-state index contributed by atoms with van der Waals surface area (Å²) < 4.78 is 41.3. The van der Waals surface area contributed by atoms with Crippen LogP contribution in [0, 0.1) is 0 Å². The molecule has 5 nitrogen and oxygen atoms in total. The quantitative estimate of drug-likeness (QED) is 0.415. The summed E-state index contributed by atoms with van der Waals surface area (Å²) in [6, 6.07) is 18.1. The number of alkyl halides is 3. The van der Waals surface area contributed by atoms with E-state index in [1.54, 1.807) is 27.2 Å². The van der Waals surface area contributed by atoms with Gasteiger partial charge >= 0.3 is 6.18 Å². The summed E-state index contributed by atoms with van der Waals surface area (Å²) in [4.78, 5) is 14.0. The van der Waals surface area contributed by atoms with Crippen molar-refractivity contribution in [3.05, 3.63) is 95.2 Å². The fourth-order valence-electron chi connectivity index (χ4n) is 4.68. The third kappa shape index (κ3) is 3.97. The van der Waals surface area contributed by atoms with Gasteiger partial charge in [0, 0.05) is 31.4 Å². The summed E-state index contributed by atoms with van der Waals surface area (Å²) in [5.74, 6) is -0.166. The molecule has 1 N–H and O–H groups in total. The van der Waals surface area contributed by atoms with Gasteiger partial charge in [-0.15, -0.1) is 0 Å². The molecule has 0 bridgehead atoms. The van der Waals surface area contributed by atoms with E-state index in [2.05, 4.69) is 5.10 Å². The fraction of sp³-hybridized carbons (Fsp3) is 0.214. The second-order valence-electron chi connectivity index (χ2n) is 9.34. The molecule has 1 unspecified atom stereocenters. The van der Waals surface area contributed by atoms with E-state index in [9.17, 15) is 23.1 Å². The Balaban J connectivity index is 1.64. The number of fused-ring (bicyclic) bond motifs is 3. The van der Waals surface area contributed by atoms with Crippen LogP contribution in [0.15, 0.2) is 72.9 Å². The number of benzene rings is 3. The number of amides is 1. The van der Waals surface area contributed by atoms with Gasteiger partial charge in [-0.05, 0) is 53.4 Å². The van der Waals surface area contributed by atoms with Crippen LogP contribution in [0.4, 0.5) is 13.2 Å². The van der Waals surface area contributed by atoms with E-state index >= 15 is 0 Å². The molecule has 0 saturated carbocycles. The van der Waals surface area contributed by atoms with Crippen LogP contribution in [-0.2, 0) is 23.0 Å². The zero-order valence-corrected chi connectivity index (χ0v) is 20.0. The molecule has 1 aliphatic rings.